The monoisotopic (exact) mass is 430 g/mol. The molecule has 2 aromatic carbocycles. The van der Waals surface area contributed by atoms with Gasteiger partial charge in [0.1, 0.15) is 0 Å². The molecule has 2 fully saturated rings. The molecule has 4 rings (SSSR count). The van der Waals surface area contributed by atoms with Gasteiger partial charge in [0.05, 0.1) is 0 Å². The number of nitrogens with zero attached hydrogens (tertiary/aromatic N) is 1. The van der Waals surface area contributed by atoms with Crippen LogP contribution in [0.25, 0.3) is 0 Å². The molecule has 2 saturated heterocycles. The fraction of sp³-hybridized carbons (Fsp3) is 0.458. The van der Waals surface area contributed by atoms with Crippen molar-refractivity contribution in [3.63, 3.8) is 0 Å². The Labute approximate surface area is 185 Å². The van der Waals surface area contributed by atoms with E-state index in [1.807, 2.05) is 23.9 Å². The van der Waals surface area contributed by atoms with Crippen molar-refractivity contribution in [1.82, 2.24) is 10.2 Å². The van der Waals surface area contributed by atoms with Gasteiger partial charge in [-0.25, -0.2) is 0 Å². The molecule has 2 heterocycles. The molecular weight excluding hydrogens is 400 g/mol. The Morgan fingerprint density at radius 1 is 1.07 bits per heavy atom. The van der Waals surface area contributed by atoms with Crippen LogP contribution >= 0.6 is 24.2 Å². The van der Waals surface area contributed by atoms with Crippen molar-refractivity contribution in [2.45, 2.75) is 37.3 Å². The van der Waals surface area contributed by atoms with Crippen molar-refractivity contribution in [3.8, 4) is 0 Å². The number of aryl methyl sites for hydroxylation is 2. The predicted molar refractivity (Wildman–Crippen MR) is 124 cm³/mol. The van der Waals surface area contributed by atoms with Crippen LogP contribution in [-0.4, -0.2) is 37.0 Å². The molecular formula is C24H31ClN2OS. The van der Waals surface area contributed by atoms with E-state index in [-0.39, 0.29) is 18.3 Å². The maximum atomic E-state index is 13.1. The minimum Gasteiger partial charge on any atom is -0.339 e. The summed E-state index contributed by atoms with van der Waals surface area (Å²) < 4.78 is 0. The third-order valence-corrected chi connectivity index (χ3v) is 7.45. The summed E-state index contributed by atoms with van der Waals surface area (Å²) in [6, 6.07) is 14.8. The minimum atomic E-state index is 0. The van der Waals surface area contributed by atoms with Crippen LogP contribution < -0.4 is 5.32 Å². The number of likely N-dealkylation sites (tertiary alicyclic amines) is 1. The lowest BCUT2D eigenvalue weighted by Gasteiger charge is -2.21. The maximum Gasteiger partial charge on any atom is 0.253 e. The Hall–Kier alpha value is -1.49. The van der Waals surface area contributed by atoms with Gasteiger partial charge in [0, 0.05) is 29.3 Å². The Bertz CT molecular complexity index is 843. The summed E-state index contributed by atoms with van der Waals surface area (Å²) >= 11 is 1.85. The molecule has 2 aromatic rings. The summed E-state index contributed by atoms with van der Waals surface area (Å²) in [6.07, 6.45) is 2.26. The highest BCUT2D eigenvalue weighted by Crippen LogP contribution is 2.29. The third kappa shape index (κ3) is 5.36. The van der Waals surface area contributed by atoms with E-state index in [0.717, 1.165) is 62.2 Å². The largest absolute Gasteiger partial charge is 0.339 e. The summed E-state index contributed by atoms with van der Waals surface area (Å²) in [5, 5.41) is 3.50. The lowest BCUT2D eigenvalue weighted by Crippen LogP contribution is -2.32. The average Bonchev–Trinajstić information content (AvgIpc) is 3.05. The average molecular weight is 431 g/mol. The number of amides is 1. The summed E-state index contributed by atoms with van der Waals surface area (Å²) in [5.41, 5.74) is 4.67. The second-order valence-electron chi connectivity index (χ2n) is 8.31. The van der Waals surface area contributed by atoms with Gasteiger partial charge in [-0.05, 0) is 80.9 Å². The van der Waals surface area contributed by atoms with E-state index in [9.17, 15) is 4.79 Å². The molecule has 0 spiro atoms. The summed E-state index contributed by atoms with van der Waals surface area (Å²) in [7, 11) is 0. The molecule has 2 atom stereocenters. The number of carbonyl (C=O) groups is 1. The second kappa shape index (κ2) is 10.0. The molecule has 1 amide bonds. The van der Waals surface area contributed by atoms with Crippen molar-refractivity contribution in [2.24, 2.45) is 11.8 Å². The standard InChI is InChI=1S/C24H30N2OS.ClH/c1-17-6-7-23(18(2)12-17)28-16-19-4-3-5-20(13-19)24(27)26-10-8-21-14-25-15-22(21)9-11-26;/h3-7,12-13,21-22,25H,8-11,14-16H2,1-2H3;1H/t21-,22+;. The van der Waals surface area contributed by atoms with E-state index >= 15 is 0 Å². The van der Waals surface area contributed by atoms with E-state index in [4.69, 9.17) is 0 Å². The third-order valence-electron chi connectivity index (χ3n) is 6.21. The highest BCUT2D eigenvalue weighted by molar-refractivity contribution is 7.98. The van der Waals surface area contributed by atoms with Gasteiger partial charge in [-0.15, -0.1) is 24.2 Å². The highest BCUT2D eigenvalue weighted by atomic mass is 35.5. The van der Waals surface area contributed by atoms with Crippen LogP contribution in [0.15, 0.2) is 47.4 Å². The number of nitrogens with one attached hydrogen (secondary N) is 1. The number of hydrogen-bond acceptors (Lipinski definition) is 3. The lowest BCUT2D eigenvalue weighted by atomic mass is 9.92. The SMILES string of the molecule is Cc1ccc(SCc2cccc(C(=O)N3CC[C@@H]4CNC[C@@H]4CC3)c2)c(C)c1.Cl. The van der Waals surface area contributed by atoms with Gasteiger partial charge in [0.15, 0.2) is 0 Å². The maximum absolute atomic E-state index is 13.1. The molecule has 0 aromatic heterocycles. The van der Waals surface area contributed by atoms with Crippen LogP contribution in [0.2, 0.25) is 0 Å². The zero-order valence-corrected chi connectivity index (χ0v) is 19.0. The van der Waals surface area contributed by atoms with Gasteiger partial charge in [-0.1, -0.05) is 29.8 Å². The van der Waals surface area contributed by atoms with Crippen LogP contribution in [0.3, 0.4) is 0 Å². The van der Waals surface area contributed by atoms with Crippen molar-refractivity contribution in [2.75, 3.05) is 26.2 Å². The second-order valence-corrected chi connectivity index (χ2v) is 9.32. The molecule has 0 radical (unpaired) electrons. The van der Waals surface area contributed by atoms with Crippen molar-refractivity contribution >= 4 is 30.1 Å². The molecule has 0 bridgehead atoms. The fourth-order valence-electron chi connectivity index (χ4n) is 4.52. The predicted octanol–water partition coefficient (Wildman–Crippen LogP) is 5.09. The number of fused-ring (bicyclic) bond motifs is 1. The molecule has 5 heteroatoms. The molecule has 0 unspecified atom stereocenters. The molecule has 29 heavy (non-hydrogen) atoms. The van der Waals surface area contributed by atoms with E-state index in [2.05, 4.69) is 54.4 Å². The van der Waals surface area contributed by atoms with Crippen LogP contribution in [0.5, 0.6) is 0 Å². The van der Waals surface area contributed by atoms with Crippen LogP contribution in [-0.2, 0) is 5.75 Å². The Kier molecular flexibility index (Phi) is 7.66. The van der Waals surface area contributed by atoms with E-state index < -0.39 is 0 Å². The Morgan fingerprint density at radius 3 is 2.48 bits per heavy atom. The number of rotatable bonds is 4. The number of carbonyl (C=O) groups excluding carboxylic acids is 1. The van der Waals surface area contributed by atoms with Gasteiger partial charge < -0.3 is 10.2 Å². The summed E-state index contributed by atoms with van der Waals surface area (Å²) in [4.78, 5) is 16.5. The van der Waals surface area contributed by atoms with Crippen molar-refractivity contribution in [1.29, 1.82) is 0 Å². The topological polar surface area (TPSA) is 32.3 Å². The van der Waals surface area contributed by atoms with Crippen LogP contribution in [0, 0.1) is 25.7 Å². The van der Waals surface area contributed by atoms with E-state index in [0.29, 0.717) is 0 Å². The molecule has 156 valence electrons. The fourth-order valence-corrected chi connectivity index (χ4v) is 5.47. The first kappa shape index (κ1) is 22.2. The first-order chi connectivity index (χ1) is 13.6. The van der Waals surface area contributed by atoms with Gasteiger partial charge >= 0.3 is 0 Å². The van der Waals surface area contributed by atoms with Gasteiger partial charge in [-0.2, -0.15) is 0 Å². The van der Waals surface area contributed by atoms with Gasteiger partial charge in [0.2, 0.25) is 0 Å². The van der Waals surface area contributed by atoms with Crippen molar-refractivity contribution in [3.05, 3.63) is 64.7 Å². The quantitative estimate of drug-likeness (QED) is 0.685. The number of benzene rings is 2. The zero-order chi connectivity index (χ0) is 19.5. The van der Waals surface area contributed by atoms with E-state index in [1.165, 1.54) is 21.6 Å². The van der Waals surface area contributed by atoms with Crippen LogP contribution in [0.4, 0.5) is 0 Å². The number of halogens is 1. The molecule has 3 nitrogen and oxygen atoms in total. The minimum absolute atomic E-state index is 0. The van der Waals surface area contributed by atoms with E-state index in [1.54, 1.807) is 0 Å². The van der Waals surface area contributed by atoms with Gasteiger partial charge in [-0.3, -0.25) is 4.79 Å². The molecule has 0 aliphatic carbocycles. The highest BCUT2D eigenvalue weighted by Gasteiger charge is 2.31. The summed E-state index contributed by atoms with van der Waals surface area (Å²) in [6.45, 7) is 8.32. The molecule has 0 saturated carbocycles. The normalized spacial score (nSPS) is 21.2. The summed E-state index contributed by atoms with van der Waals surface area (Å²) in [5.74, 6) is 2.59. The zero-order valence-electron chi connectivity index (χ0n) is 17.3. The number of thioether (sulfide) groups is 1. The Balaban J connectivity index is 0.00000240. The van der Waals surface area contributed by atoms with Crippen LogP contribution in [0.1, 0.15) is 39.9 Å². The van der Waals surface area contributed by atoms with Gasteiger partial charge in [0.25, 0.3) is 5.91 Å². The first-order valence-corrected chi connectivity index (χ1v) is 11.4. The molecule has 1 N–H and O–H groups in total. The molecule has 2 aliphatic heterocycles. The van der Waals surface area contributed by atoms with Crippen molar-refractivity contribution < 1.29 is 4.79 Å². The number of hydrogen-bond donors (Lipinski definition) is 1. The smallest absolute Gasteiger partial charge is 0.253 e. The first-order valence-electron chi connectivity index (χ1n) is 10.4. The Morgan fingerprint density at radius 2 is 1.79 bits per heavy atom. The molecule has 2 aliphatic rings. The lowest BCUT2D eigenvalue weighted by molar-refractivity contribution is 0.0758.